The number of esters is 1. The van der Waals surface area contributed by atoms with Crippen molar-refractivity contribution in [2.24, 2.45) is 0 Å². The Labute approximate surface area is 233 Å². The minimum absolute atomic E-state index is 0.196. The number of anilines is 2. The molecule has 0 spiro atoms. The molecule has 0 atom stereocenters. The first-order valence-corrected chi connectivity index (χ1v) is 12.8. The third kappa shape index (κ3) is 6.19. The van der Waals surface area contributed by atoms with E-state index in [1.54, 1.807) is 18.2 Å². The highest BCUT2D eigenvalue weighted by Crippen LogP contribution is 2.33. The van der Waals surface area contributed by atoms with Crippen LogP contribution in [-0.4, -0.2) is 19.1 Å². The molecule has 0 unspecified atom stereocenters. The molecule has 6 heteroatoms. The predicted molar refractivity (Wildman–Crippen MR) is 158 cm³/mol. The second-order valence-electron chi connectivity index (χ2n) is 9.01. The van der Waals surface area contributed by atoms with E-state index in [1.807, 2.05) is 115 Å². The maximum Gasteiger partial charge on any atom is 0.341 e. The summed E-state index contributed by atoms with van der Waals surface area (Å²) in [4.78, 5) is 25.8. The van der Waals surface area contributed by atoms with Crippen molar-refractivity contribution in [1.29, 1.82) is 0 Å². The highest BCUT2D eigenvalue weighted by Gasteiger charge is 2.21. The number of para-hydroxylation sites is 1. The van der Waals surface area contributed by atoms with Crippen LogP contribution in [0.1, 0.15) is 27.6 Å². The maximum atomic E-state index is 13.0. The van der Waals surface area contributed by atoms with Crippen LogP contribution >= 0.6 is 0 Å². The zero-order valence-corrected chi connectivity index (χ0v) is 21.9. The van der Waals surface area contributed by atoms with Crippen molar-refractivity contribution < 1.29 is 19.1 Å². The number of hydrogen-bond acceptors (Lipinski definition) is 4. The van der Waals surface area contributed by atoms with Crippen LogP contribution in [0.15, 0.2) is 133 Å². The van der Waals surface area contributed by atoms with Gasteiger partial charge >= 0.3 is 12.0 Å². The molecule has 5 aromatic rings. The number of carbonyl (C=O) groups excluding carboxylic acids is 2. The van der Waals surface area contributed by atoms with Gasteiger partial charge in [0.05, 0.1) is 12.8 Å². The molecule has 0 heterocycles. The smallest absolute Gasteiger partial charge is 0.341 e. The van der Waals surface area contributed by atoms with E-state index in [-0.39, 0.29) is 5.56 Å². The van der Waals surface area contributed by atoms with Crippen LogP contribution in [0, 0.1) is 0 Å². The summed E-state index contributed by atoms with van der Waals surface area (Å²) in [6.45, 7) is 0. The highest BCUT2D eigenvalue weighted by atomic mass is 16.5. The molecular formula is C34H28N2O4. The SMILES string of the molecule is COC(=O)c1cc(NC(=O)Nc2ccccc2-c2ccccc2)ccc1OC(c1ccccc1)c1ccccc1. The van der Waals surface area contributed by atoms with Crippen LogP contribution in [0.5, 0.6) is 5.75 Å². The fourth-order valence-electron chi connectivity index (χ4n) is 4.44. The lowest BCUT2D eigenvalue weighted by molar-refractivity contribution is 0.0594. The number of nitrogens with one attached hydrogen (secondary N) is 2. The molecule has 6 nitrogen and oxygen atoms in total. The molecule has 0 fully saturated rings. The van der Waals surface area contributed by atoms with Crippen molar-refractivity contribution in [3.8, 4) is 16.9 Å². The fraction of sp³-hybridized carbons (Fsp3) is 0.0588. The normalized spacial score (nSPS) is 10.6. The number of ether oxygens (including phenoxy) is 2. The van der Waals surface area contributed by atoms with Gasteiger partial charge < -0.3 is 20.1 Å². The average Bonchev–Trinajstić information content (AvgIpc) is 3.01. The Morgan fingerprint density at radius 1 is 0.650 bits per heavy atom. The Bertz CT molecular complexity index is 1550. The first kappa shape index (κ1) is 26.3. The van der Waals surface area contributed by atoms with Crippen molar-refractivity contribution >= 4 is 23.4 Å². The summed E-state index contributed by atoms with van der Waals surface area (Å²) in [5.74, 6) is -0.238. The van der Waals surface area contributed by atoms with Gasteiger partial charge in [0.25, 0.3) is 0 Å². The van der Waals surface area contributed by atoms with Crippen LogP contribution in [0.3, 0.4) is 0 Å². The van der Waals surface area contributed by atoms with Gasteiger partial charge in [-0.05, 0) is 41.0 Å². The molecule has 0 aromatic heterocycles. The quantitative estimate of drug-likeness (QED) is 0.200. The molecule has 0 saturated heterocycles. The van der Waals surface area contributed by atoms with E-state index in [0.717, 1.165) is 22.3 Å². The van der Waals surface area contributed by atoms with Gasteiger partial charge in [-0.15, -0.1) is 0 Å². The zero-order valence-electron chi connectivity index (χ0n) is 21.9. The number of benzene rings is 5. The van der Waals surface area contributed by atoms with Gasteiger partial charge in [-0.3, -0.25) is 0 Å². The lowest BCUT2D eigenvalue weighted by Gasteiger charge is -2.22. The Morgan fingerprint density at radius 3 is 1.85 bits per heavy atom. The Hall–Kier alpha value is -5.36. The summed E-state index contributed by atoms with van der Waals surface area (Å²) >= 11 is 0. The number of carbonyl (C=O) groups is 2. The zero-order chi connectivity index (χ0) is 27.7. The van der Waals surface area contributed by atoms with Gasteiger partial charge in [0.15, 0.2) is 0 Å². The first-order valence-electron chi connectivity index (χ1n) is 12.8. The van der Waals surface area contributed by atoms with Crippen molar-refractivity contribution in [3.05, 3.63) is 150 Å². The number of hydrogen-bond donors (Lipinski definition) is 2. The van der Waals surface area contributed by atoms with E-state index >= 15 is 0 Å². The number of methoxy groups -OCH3 is 1. The van der Waals surface area contributed by atoms with E-state index in [1.165, 1.54) is 7.11 Å². The van der Waals surface area contributed by atoms with Crippen LogP contribution in [-0.2, 0) is 4.74 Å². The molecule has 0 aliphatic heterocycles. The van der Waals surface area contributed by atoms with Gasteiger partial charge in [0.2, 0.25) is 0 Å². The number of rotatable bonds is 8. The molecule has 0 saturated carbocycles. The Kier molecular flexibility index (Phi) is 8.18. The van der Waals surface area contributed by atoms with Gasteiger partial charge in [0, 0.05) is 11.3 Å². The van der Waals surface area contributed by atoms with E-state index in [0.29, 0.717) is 17.1 Å². The largest absolute Gasteiger partial charge is 0.480 e. The van der Waals surface area contributed by atoms with Crippen LogP contribution in [0.25, 0.3) is 11.1 Å². The monoisotopic (exact) mass is 528 g/mol. The maximum absolute atomic E-state index is 13.0. The van der Waals surface area contributed by atoms with Crippen molar-refractivity contribution in [2.75, 3.05) is 17.7 Å². The molecule has 198 valence electrons. The summed E-state index contributed by atoms with van der Waals surface area (Å²) in [7, 11) is 1.31. The molecule has 5 aromatic carbocycles. The minimum atomic E-state index is -0.576. The lowest BCUT2D eigenvalue weighted by atomic mass is 10.0. The molecular weight excluding hydrogens is 500 g/mol. The van der Waals surface area contributed by atoms with Crippen molar-refractivity contribution in [1.82, 2.24) is 0 Å². The Balaban J connectivity index is 1.40. The molecule has 2 N–H and O–H groups in total. The van der Waals surface area contributed by atoms with Gasteiger partial charge in [-0.25, -0.2) is 9.59 Å². The topological polar surface area (TPSA) is 76.7 Å². The Morgan fingerprint density at radius 2 is 1.23 bits per heavy atom. The fourth-order valence-corrected chi connectivity index (χ4v) is 4.44. The third-order valence-corrected chi connectivity index (χ3v) is 6.35. The second kappa shape index (κ2) is 12.5. The molecule has 0 bridgehead atoms. The van der Waals surface area contributed by atoms with Crippen molar-refractivity contribution in [2.45, 2.75) is 6.10 Å². The molecule has 0 aliphatic carbocycles. The number of amides is 2. The van der Waals surface area contributed by atoms with Crippen LogP contribution in [0.4, 0.5) is 16.2 Å². The molecule has 5 rings (SSSR count). The third-order valence-electron chi connectivity index (χ3n) is 6.35. The molecule has 40 heavy (non-hydrogen) atoms. The van der Waals surface area contributed by atoms with Gasteiger partial charge in [-0.2, -0.15) is 0 Å². The van der Waals surface area contributed by atoms with E-state index < -0.39 is 18.1 Å². The van der Waals surface area contributed by atoms with Gasteiger partial charge in [-0.1, -0.05) is 109 Å². The summed E-state index contributed by atoms with van der Waals surface area (Å²) < 4.78 is 11.5. The lowest BCUT2D eigenvalue weighted by Crippen LogP contribution is -2.20. The predicted octanol–water partition coefficient (Wildman–Crippen LogP) is 7.95. The number of urea groups is 1. The average molecular weight is 529 g/mol. The van der Waals surface area contributed by atoms with Crippen molar-refractivity contribution in [3.63, 3.8) is 0 Å². The van der Waals surface area contributed by atoms with Crippen LogP contribution < -0.4 is 15.4 Å². The van der Waals surface area contributed by atoms with E-state index in [9.17, 15) is 9.59 Å². The molecule has 0 radical (unpaired) electrons. The van der Waals surface area contributed by atoms with E-state index in [2.05, 4.69) is 10.6 Å². The first-order chi connectivity index (χ1) is 19.6. The summed E-state index contributed by atoms with van der Waals surface area (Å²) in [5, 5.41) is 5.73. The second-order valence-corrected chi connectivity index (χ2v) is 9.01. The summed E-state index contributed by atoms with van der Waals surface area (Å²) in [6.07, 6.45) is -0.456. The summed E-state index contributed by atoms with van der Waals surface area (Å²) in [5.41, 5.74) is 5.02. The standard InChI is InChI=1S/C34H28N2O4/c1-39-33(37)29-23-27(35-34(38)36-30-20-12-11-19-28(30)24-13-5-2-6-14-24)21-22-31(29)40-32(25-15-7-3-8-16-25)26-17-9-4-10-18-26/h2-23,32H,1H3,(H2,35,36,38). The summed E-state index contributed by atoms with van der Waals surface area (Å²) in [6, 6.07) is 41.4. The highest BCUT2D eigenvalue weighted by molar-refractivity contribution is 6.03. The molecule has 0 aliphatic rings. The minimum Gasteiger partial charge on any atom is -0.480 e. The molecule has 2 amide bonds. The van der Waals surface area contributed by atoms with Crippen LogP contribution in [0.2, 0.25) is 0 Å². The van der Waals surface area contributed by atoms with Gasteiger partial charge in [0.1, 0.15) is 17.4 Å². The van der Waals surface area contributed by atoms with E-state index in [4.69, 9.17) is 9.47 Å².